The number of ether oxygens (including phenoxy) is 1. The maximum absolute atomic E-state index is 5.73. The van der Waals surface area contributed by atoms with E-state index in [2.05, 4.69) is 9.97 Å². The molecule has 0 atom stereocenters. The zero-order valence-electron chi connectivity index (χ0n) is 7.77. The van der Waals surface area contributed by atoms with Gasteiger partial charge in [0.15, 0.2) is 0 Å². The Morgan fingerprint density at radius 2 is 2.00 bits per heavy atom. The Bertz CT molecular complexity index is 441. The Morgan fingerprint density at radius 3 is 2.67 bits per heavy atom. The number of para-hydroxylation sites is 1. The molecule has 0 radical (unpaired) electrons. The molecule has 0 aliphatic carbocycles. The van der Waals surface area contributed by atoms with Crippen LogP contribution in [0.15, 0.2) is 36.4 Å². The summed E-state index contributed by atoms with van der Waals surface area (Å²) in [6.45, 7) is 0. The highest BCUT2D eigenvalue weighted by molar-refractivity contribution is 6.29. The topological polar surface area (TPSA) is 62.3 Å². The summed E-state index contributed by atoms with van der Waals surface area (Å²) < 4.78 is 5.41. The minimum absolute atomic E-state index is 0.270. The molecular weight excluding hydrogens is 214 g/mol. The molecular formula is C10H9ClN3O+. The van der Waals surface area contributed by atoms with Crippen molar-refractivity contribution in [3.8, 4) is 11.8 Å². The van der Waals surface area contributed by atoms with Crippen molar-refractivity contribution in [3.63, 3.8) is 0 Å². The number of nitrogen functional groups attached to an aromatic ring is 1. The van der Waals surface area contributed by atoms with Crippen LogP contribution >= 0.6 is 11.6 Å². The number of benzene rings is 1. The van der Waals surface area contributed by atoms with E-state index in [1.165, 1.54) is 6.07 Å². The molecule has 4 nitrogen and oxygen atoms in total. The monoisotopic (exact) mass is 222 g/mol. The van der Waals surface area contributed by atoms with Crippen molar-refractivity contribution in [1.29, 1.82) is 0 Å². The van der Waals surface area contributed by atoms with Gasteiger partial charge in [0.05, 0.1) is 6.07 Å². The quantitative estimate of drug-likeness (QED) is 0.790. The molecule has 0 bridgehead atoms. The summed E-state index contributed by atoms with van der Waals surface area (Å²) in [7, 11) is 0. The first-order chi connectivity index (χ1) is 7.24. The number of H-pyrrole nitrogens is 1. The molecule has 0 spiro atoms. The molecule has 1 aromatic carbocycles. The fraction of sp³-hybridized carbons (Fsp3) is 0. The molecule has 0 unspecified atom stereocenters. The zero-order chi connectivity index (χ0) is 10.7. The number of hydrogen-bond acceptors (Lipinski definition) is 3. The molecule has 5 heteroatoms. The van der Waals surface area contributed by atoms with Gasteiger partial charge in [0.1, 0.15) is 5.75 Å². The van der Waals surface area contributed by atoms with Crippen LogP contribution < -0.4 is 15.5 Å². The lowest BCUT2D eigenvalue weighted by atomic mass is 10.3. The van der Waals surface area contributed by atoms with Crippen molar-refractivity contribution < 1.29 is 9.72 Å². The summed E-state index contributed by atoms with van der Waals surface area (Å²) in [6, 6.07) is 11.0. The first-order valence-corrected chi connectivity index (χ1v) is 4.70. The molecule has 0 amide bonds. The van der Waals surface area contributed by atoms with Crippen LogP contribution in [-0.4, -0.2) is 4.98 Å². The first kappa shape index (κ1) is 9.73. The number of halogens is 1. The Hall–Kier alpha value is -1.81. The number of aromatic nitrogens is 2. The average Bonchev–Trinajstić information content (AvgIpc) is 2.17. The summed E-state index contributed by atoms with van der Waals surface area (Å²) in [4.78, 5) is 6.69. The van der Waals surface area contributed by atoms with E-state index in [0.717, 1.165) is 0 Å². The smallest absolute Gasteiger partial charge is 0.402 e. The van der Waals surface area contributed by atoms with Gasteiger partial charge < -0.3 is 10.5 Å². The molecule has 0 saturated carbocycles. The van der Waals surface area contributed by atoms with E-state index in [4.69, 9.17) is 22.1 Å². The van der Waals surface area contributed by atoms with Crippen LogP contribution in [-0.2, 0) is 0 Å². The maximum Gasteiger partial charge on any atom is 0.438 e. The largest absolute Gasteiger partial charge is 0.438 e. The van der Waals surface area contributed by atoms with E-state index < -0.39 is 0 Å². The van der Waals surface area contributed by atoms with Gasteiger partial charge in [-0.1, -0.05) is 23.2 Å². The number of aromatic amines is 1. The van der Waals surface area contributed by atoms with Gasteiger partial charge in [-0.15, -0.1) is 0 Å². The minimum Gasteiger partial charge on any atom is -0.402 e. The van der Waals surface area contributed by atoms with Crippen molar-refractivity contribution in [1.82, 2.24) is 4.98 Å². The van der Waals surface area contributed by atoms with Crippen molar-refractivity contribution in [2.75, 3.05) is 5.73 Å². The normalized spacial score (nSPS) is 9.93. The van der Waals surface area contributed by atoms with Crippen molar-refractivity contribution >= 4 is 17.4 Å². The van der Waals surface area contributed by atoms with Crippen molar-refractivity contribution in [2.45, 2.75) is 0 Å². The standard InChI is InChI=1S/C10H8ClN3O/c11-8-6-9(12)14-10(13-8)15-7-4-2-1-3-5-7/h1-6H,(H2,12,13,14)/p+1. The first-order valence-electron chi connectivity index (χ1n) is 4.32. The molecule has 0 aliphatic rings. The minimum atomic E-state index is 0.270. The predicted molar refractivity (Wildman–Crippen MR) is 56.7 cm³/mol. The Balaban J connectivity index is 2.25. The highest BCUT2D eigenvalue weighted by Gasteiger charge is 2.09. The van der Waals surface area contributed by atoms with Crippen LogP contribution in [0.3, 0.4) is 0 Å². The molecule has 2 aromatic rings. The molecule has 76 valence electrons. The van der Waals surface area contributed by atoms with Gasteiger partial charge in [0, 0.05) is 0 Å². The maximum atomic E-state index is 5.73. The van der Waals surface area contributed by atoms with Crippen LogP contribution in [0.1, 0.15) is 0 Å². The second kappa shape index (κ2) is 4.14. The van der Waals surface area contributed by atoms with Gasteiger partial charge in [0.2, 0.25) is 11.0 Å². The average molecular weight is 223 g/mol. The Labute approximate surface area is 91.7 Å². The molecule has 3 N–H and O–H groups in total. The number of anilines is 1. The molecule has 0 saturated heterocycles. The molecule has 2 rings (SSSR count). The van der Waals surface area contributed by atoms with E-state index in [1.807, 2.05) is 30.3 Å². The van der Waals surface area contributed by atoms with E-state index in [0.29, 0.717) is 11.6 Å². The lowest BCUT2D eigenvalue weighted by Crippen LogP contribution is -2.14. The van der Waals surface area contributed by atoms with Gasteiger partial charge in [0.25, 0.3) is 0 Å². The molecule has 0 fully saturated rings. The molecule has 1 aromatic heterocycles. The number of hydrogen-bond donors (Lipinski definition) is 1. The Morgan fingerprint density at radius 1 is 1.27 bits per heavy atom. The summed E-state index contributed by atoms with van der Waals surface area (Å²) in [5.41, 5.74) is 5.55. The van der Waals surface area contributed by atoms with Crippen molar-refractivity contribution in [3.05, 3.63) is 41.6 Å². The molecule has 0 aliphatic heterocycles. The van der Waals surface area contributed by atoms with E-state index in [-0.39, 0.29) is 11.2 Å². The summed E-state index contributed by atoms with van der Waals surface area (Å²) in [5.74, 6) is 1.07. The summed E-state index contributed by atoms with van der Waals surface area (Å²) >= 11 is 5.73. The van der Waals surface area contributed by atoms with Crippen LogP contribution in [0.4, 0.5) is 5.82 Å². The van der Waals surface area contributed by atoms with Gasteiger partial charge in [-0.05, 0) is 23.7 Å². The second-order valence-corrected chi connectivity index (χ2v) is 3.27. The number of rotatable bonds is 2. The Kier molecular flexibility index (Phi) is 2.69. The number of nitrogens with zero attached hydrogens (tertiary/aromatic N) is 1. The molecule has 1 heterocycles. The zero-order valence-corrected chi connectivity index (χ0v) is 8.53. The third-order valence-electron chi connectivity index (χ3n) is 1.69. The SMILES string of the molecule is Nc1cc(Cl)nc(Oc2ccccc2)[nH+]1. The van der Waals surface area contributed by atoms with Gasteiger partial charge in [-0.3, -0.25) is 0 Å². The van der Waals surface area contributed by atoms with Crippen LogP contribution in [0, 0.1) is 0 Å². The van der Waals surface area contributed by atoms with Crippen molar-refractivity contribution in [2.24, 2.45) is 0 Å². The van der Waals surface area contributed by atoms with Gasteiger partial charge in [-0.25, -0.2) is 4.98 Å². The highest BCUT2D eigenvalue weighted by Crippen LogP contribution is 2.16. The highest BCUT2D eigenvalue weighted by atomic mass is 35.5. The third kappa shape index (κ3) is 2.57. The van der Waals surface area contributed by atoms with E-state index in [1.54, 1.807) is 0 Å². The number of nitrogens with two attached hydrogens (primary N) is 1. The van der Waals surface area contributed by atoms with Crippen LogP contribution in [0.5, 0.6) is 11.8 Å². The summed E-state index contributed by atoms with van der Waals surface area (Å²) in [5, 5.41) is 0.289. The lowest BCUT2D eigenvalue weighted by molar-refractivity contribution is -0.379. The predicted octanol–water partition coefficient (Wildman–Crippen LogP) is 1.92. The number of nitrogens with one attached hydrogen (secondary N) is 1. The fourth-order valence-corrected chi connectivity index (χ4v) is 1.29. The lowest BCUT2D eigenvalue weighted by Gasteiger charge is -1.99. The van der Waals surface area contributed by atoms with Gasteiger partial charge >= 0.3 is 6.01 Å². The fourth-order valence-electron chi connectivity index (χ4n) is 1.09. The van der Waals surface area contributed by atoms with E-state index in [9.17, 15) is 0 Å². The van der Waals surface area contributed by atoms with Gasteiger partial charge in [-0.2, -0.15) is 0 Å². The third-order valence-corrected chi connectivity index (χ3v) is 1.89. The van der Waals surface area contributed by atoms with Crippen LogP contribution in [0.25, 0.3) is 0 Å². The second-order valence-electron chi connectivity index (χ2n) is 2.88. The molecule has 15 heavy (non-hydrogen) atoms. The van der Waals surface area contributed by atoms with Crippen LogP contribution in [0.2, 0.25) is 5.15 Å². The van der Waals surface area contributed by atoms with E-state index >= 15 is 0 Å². The summed E-state index contributed by atoms with van der Waals surface area (Å²) in [6.07, 6.45) is 0.